The third kappa shape index (κ3) is 2.07. The minimum Gasteiger partial charge on any atom is -0.370 e. The number of aryl methyl sites for hydroxylation is 1. The van der Waals surface area contributed by atoms with Crippen LogP contribution in [0.2, 0.25) is 0 Å². The summed E-state index contributed by atoms with van der Waals surface area (Å²) in [5.74, 6) is -0.311. The first-order chi connectivity index (χ1) is 7.18. The summed E-state index contributed by atoms with van der Waals surface area (Å²) >= 11 is 0. The van der Waals surface area contributed by atoms with Crippen LogP contribution in [0.5, 0.6) is 0 Å². The lowest BCUT2D eigenvalue weighted by Gasteiger charge is -2.08. The van der Waals surface area contributed by atoms with E-state index in [4.69, 9.17) is 4.74 Å². The molecule has 1 aliphatic rings. The molecule has 1 atom stereocenters. The predicted molar refractivity (Wildman–Crippen MR) is 54.4 cm³/mol. The van der Waals surface area contributed by atoms with Gasteiger partial charge >= 0.3 is 0 Å². The maximum atomic E-state index is 13.0. The third-order valence-electron chi connectivity index (χ3n) is 2.66. The van der Waals surface area contributed by atoms with E-state index in [0.717, 1.165) is 12.8 Å². The number of benzene rings is 1. The van der Waals surface area contributed by atoms with Crippen LogP contribution in [0.3, 0.4) is 0 Å². The molecule has 1 unspecified atom stereocenters. The van der Waals surface area contributed by atoms with Gasteiger partial charge in [-0.3, -0.25) is 4.79 Å². The number of ketones is 1. The first kappa shape index (κ1) is 10.3. The second-order valence-electron chi connectivity index (χ2n) is 3.83. The van der Waals surface area contributed by atoms with Crippen LogP contribution >= 0.6 is 0 Å². The monoisotopic (exact) mass is 208 g/mol. The Kier molecular flexibility index (Phi) is 2.82. The van der Waals surface area contributed by atoms with Gasteiger partial charge in [-0.25, -0.2) is 4.39 Å². The quantitative estimate of drug-likeness (QED) is 0.698. The molecule has 0 amide bonds. The molecule has 0 aromatic heterocycles. The summed E-state index contributed by atoms with van der Waals surface area (Å²) in [6.07, 6.45) is 1.38. The minimum atomic E-state index is -0.324. The van der Waals surface area contributed by atoms with E-state index in [1.54, 1.807) is 13.0 Å². The fourth-order valence-electron chi connectivity index (χ4n) is 1.77. The normalized spacial score (nSPS) is 20.5. The van der Waals surface area contributed by atoms with Crippen LogP contribution < -0.4 is 0 Å². The molecule has 0 spiro atoms. The summed E-state index contributed by atoms with van der Waals surface area (Å²) in [6, 6.07) is 4.43. The molecule has 0 N–H and O–H groups in total. The van der Waals surface area contributed by atoms with Gasteiger partial charge in [-0.2, -0.15) is 0 Å². The zero-order chi connectivity index (χ0) is 10.8. The predicted octanol–water partition coefficient (Wildman–Crippen LogP) is 2.50. The molecule has 1 aromatic rings. The number of Topliss-reactive ketones (excluding diaryl/α,β-unsaturated/α-hetero) is 1. The van der Waals surface area contributed by atoms with E-state index < -0.39 is 0 Å². The Morgan fingerprint density at radius 2 is 2.33 bits per heavy atom. The summed E-state index contributed by atoms with van der Waals surface area (Å²) in [5, 5.41) is 0. The van der Waals surface area contributed by atoms with E-state index in [-0.39, 0.29) is 17.7 Å². The first-order valence-electron chi connectivity index (χ1n) is 5.10. The summed E-state index contributed by atoms with van der Waals surface area (Å²) in [4.78, 5) is 11.9. The molecule has 80 valence electrons. The molecule has 1 aromatic carbocycles. The summed E-state index contributed by atoms with van der Waals surface area (Å²) in [7, 11) is 0. The SMILES string of the molecule is Cc1cc(C(=O)C2CCCO2)ccc1F. The zero-order valence-electron chi connectivity index (χ0n) is 8.63. The lowest BCUT2D eigenvalue weighted by Crippen LogP contribution is -2.19. The Morgan fingerprint density at radius 1 is 1.53 bits per heavy atom. The molecule has 1 saturated heterocycles. The van der Waals surface area contributed by atoms with Gasteiger partial charge in [0.05, 0.1) is 0 Å². The molecule has 0 aliphatic carbocycles. The van der Waals surface area contributed by atoms with Gasteiger partial charge < -0.3 is 4.74 Å². The van der Waals surface area contributed by atoms with Gasteiger partial charge in [0.25, 0.3) is 0 Å². The summed E-state index contributed by atoms with van der Waals surface area (Å²) < 4.78 is 18.3. The molecule has 1 aliphatic heterocycles. The van der Waals surface area contributed by atoms with E-state index in [9.17, 15) is 9.18 Å². The van der Waals surface area contributed by atoms with Crippen molar-refractivity contribution < 1.29 is 13.9 Å². The van der Waals surface area contributed by atoms with Gasteiger partial charge in [0.2, 0.25) is 0 Å². The molecule has 15 heavy (non-hydrogen) atoms. The first-order valence-corrected chi connectivity index (χ1v) is 5.10. The number of halogens is 1. The van der Waals surface area contributed by atoms with Gasteiger partial charge in [0.1, 0.15) is 11.9 Å². The lowest BCUT2D eigenvalue weighted by molar-refractivity contribution is 0.0643. The van der Waals surface area contributed by atoms with Crippen LogP contribution in [0, 0.1) is 12.7 Å². The highest BCUT2D eigenvalue weighted by atomic mass is 19.1. The van der Waals surface area contributed by atoms with Crippen molar-refractivity contribution in [2.75, 3.05) is 6.61 Å². The van der Waals surface area contributed by atoms with E-state index >= 15 is 0 Å². The Labute approximate surface area is 88.1 Å². The van der Waals surface area contributed by atoms with Crippen molar-refractivity contribution in [1.82, 2.24) is 0 Å². The van der Waals surface area contributed by atoms with Gasteiger partial charge in [0, 0.05) is 12.2 Å². The van der Waals surface area contributed by atoms with Crippen LogP contribution in [-0.4, -0.2) is 18.5 Å². The highest BCUT2D eigenvalue weighted by Crippen LogP contribution is 2.18. The van der Waals surface area contributed by atoms with Crippen molar-refractivity contribution >= 4 is 5.78 Å². The maximum absolute atomic E-state index is 13.0. The van der Waals surface area contributed by atoms with Gasteiger partial charge in [-0.05, 0) is 43.5 Å². The average molecular weight is 208 g/mol. The average Bonchev–Trinajstić information content (AvgIpc) is 2.74. The highest BCUT2D eigenvalue weighted by molar-refractivity contribution is 5.99. The molecule has 1 fully saturated rings. The van der Waals surface area contributed by atoms with E-state index in [1.165, 1.54) is 12.1 Å². The number of ether oxygens (including phenoxy) is 1. The smallest absolute Gasteiger partial charge is 0.191 e. The topological polar surface area (TPSA) is 26.3 Å². The van der Waals surface area contributed by atoms with Crippen molar-refractivity contribution in [3.8, 4) is 0 Å². The standard InChI is InChI=1S/C12H13FO2/c1-8-7-9(4-5-10(8)13)12(14)11-3-2-6-15-11/h4-5,7,11H,2-3,6H2,1H3. The Balaban J connectivity index is 2.21. The molecule has 2 rings (SSSR count). The van der Waals surface area contributed by atoms with Crippen LogP contribution in [0.1, 0.15) is 28.8 Å². The van der Waals surface area contributed by atoms with Gasteiger partial charge in [-0.15, -0.1) is 0 Å². The number of rotatable bonds is 2. The molecule has 2 nitrogen and oxygen atoms in total. The van der Waals surface area contributed by atoms with E-state index in [2.05, 4.69) is 0 Å². The highest BCUT2D eigenvalue weighted by Gasteiger charge is 2.24. The number of carbonyl (C=O) groups is 1. The molecule has 0 radical (unpaired) electrons. The second-order valence-corrected chi connectivity index (χ2v) is 3.83. The second kappa shape index (κ2) is 4.11. The van der Waals surface area contributed by atoms with Crippen molar-refractivity contribution in [3.63, 3.8) is 0 Å². The number of hydrogen-bond acceptors (Lipinski definition) is 2. The zero-order valence-corrected chi connectivity index (χ0v) is 8.63. The van der Waals surface area contributed by atoms with Gasteiger partial charge in [0.15, 0.2) is 5.78 Å². The van der Waals surface area contributed by atoms with E-state index in [1.807, 2.05) is 0 Å². The fourth-order valence-corrected chi connectivity index (χ4v) is 1.77. The molecule has 0 saturated carbocycles. The van der Waals surface area contributed by atoms with Crippen LogP contribution in [0.15, 0.2) is 18.2 Å². The largest absolute Gasteiger partial charge is 0.370 e. The molecular weight excluding hydrogens is 195 g/mol. The maximum Gasteiger partial charge on any atom is 0.191 e. The fraction of sp³-hybridized carbons (Fsp3) is 0.417. The summed E-state index contributed by atoms with van der Waals surface area (Å²) in [6.45, 7) is 2.30. The van der Waals surface area contributed by atoms with Crippen molar-refractivity contribution in [2.45, 2.75) is 25.9 Å². The lowest BCUT2D eigenvalue weighted by atomic mass is 10.0. The van der Waals surface area contributed by atoms with Crippen molar-refractivity contribution in [3.05, 3.63) is 35.1 Å². The number of hydrogen-bond donors (Lipinski definition) is 0. The molecule has 0 bridgehead atoms. The Morgan fingerprint density at radius 3 is 2.93 bits per heavy atom. The third-order valence-corrected chi connectivity index (χ3v) is 2.66. The van der Waals surface area contributed by atoms with E-state index in [0.29, 0.717) is 17.7 Å². The minimum absolute atomic E-state index is 0.0319. The van der Waals surface area contributed by atoms with Gasteiger partial charge in [-0.1, -0.05) is 0 Å². The Hall–Kier alpha value is -1.22. The van der Waals surface area contributed by atoms with Crippen LogP contribution in [0.25, 0.3) is 0 Å². The molecule has 3 heteroatoms. The van der Waals surface area contributed by atoms with Crippen molar-refractivity contribution in [2.24, 2.45) is 0 Å². The number of carbonyl (C=O) groups excluding carboxylic acids is 1. The van der Waals surface area contributed by atoms with Crippen LogP contribution in [-0.2, 0) is 4.74 Å². The van der Waals surface area contributed by atoms with Crippen LogP contribution in [0.4, 0.5) is 4.39 Å². The molecular formula is C12H13FO2. The summed E-state index contributed by atoms with van der Waals surface area (Å²) in [5.41, 5.74) is 1.04. The van der Waals surface area contributed by atoms with Crippen molar-refractivity contribution in [1.29, 1.82) is 0 Å². The molecule has 1 heterocycles. The Bertz CT molecular complexity index is 381.